The molecule has 1 rings (SSSR count). The van der Waals surface area contributed by atoms with Crippen LogP contribution in [0.1, 0.15) is 40.4 Å². The SMILES string of the molecule is CCc1cc(C(=O)O)c(C#N)c(C(F)F)c1. The molecule has 0 aliphatic carbocycles. The van der Waals surface area contributed by atoms with Gasteiger partial charge in [0.1, 0.15) is 6.07 Å². The lowest BCUT2D eigenvalue weighted by Crippen LogP contribution is -2.05. The number of hydrogen-bond donors (Lipinski definition) is 1. The zero-order valence-corrected chi connectivity index (χ0v) is 8.50. The van der Waals surface area contributed by atoms with E-state index >= 15 is 0 Å². The lowest BCUT2D eigenvalue weighted by Gasteiger charge is -2.08. The van der Waals surface area contributed by atoms with Crippen LogP contribution in [-0.4, -0.2) is 11.1 Å². The molecule has 1 aromatic carbocycles. The second-order valence-electron chi connectivity index (χ2n) is 3.18. The summed E-state index contributed by atoms with van der Waals surface area (Å²) in [5.41, 5.74) is -0.859. The molecule has 0 spiro atoms. The van der Waals surface area contributed by atoms with Crippen molar-refractivity contribution in [3.8, 4) is 6.07 Å². The van der Waals surface area contributed by atoms with Gasteiger partial charge in [-0.25, -0.2) is 13.6 Å². The number of carboxylic acids is 1. The number of alkyl halides is 2. The number of aryl methyl sites for hydroxylation is 1. The van der Waals surface area contributed by atoms with E-state index < -0.39 is 23.5 Å². The van der Waals surface area contributed by atoms with Gasteiger partial charge in [0.15, 0.2) is 0 Å². The first kappa shape index (κ1) is 12.1. The molecule has 0 radical (unpaired) electrons. The molecule has 3 nitrogen and oxygen atoms in total. The van der Waals surface area contributed by atoms with Crippen LogP contribution < -0.4 is 0 Å². The Kier molecular flexibility index (Phi) is 3.56. The molecule has 0 aromatic heterocycles. The highest BCUT2D eigenvalue weighted by molar-refractivity contribution is 5.91. The first-order valence-corrected chi connectivity index (χ1v) is 4.59. The third-order valence-corrected chi connectivity index (χ3v) is 2.21. The monoisotopic (exact) mass is 225 g/mol. The van der Waals surface area contributed by atoms with Crippen molar-refractivity contribution in [2.75, 3.05) is 0 Å². The highest BCUT2D eigenvalue weighted by atomic mass is 19.3. The van der Waals surface area contributed by atoms with Crippen LogP contribution in [0.4, 0.5) is 8.78 Å². The minimum atomic E-state index is -2.85. The summed E-state index contributed by atoms with van der Waals surface area (Å²) in [5, 5.41) is 17.5. The summed E-state index contributed by atoms with van der Waals surface area (Å²) in [4.78, 5) is 10.8. The van der Waals surface area contributed by atoms with Crippen LogP contribution in [0, 0.1) is 11.3 Å². The fraction of sp³-hybridized carbons (Fsp3) is 0.273. The highest BCUT2D eigenvalue weighted by Gasteiger charge is 2.20. The van der Waals surface area contributed by atoms with Gasteiger partial charge >= 0.3 is 5.97 Å². The summed E-state index contributed by atoms with van der Waals surface area (Å²) in [5.74, 6) is -1.37. The van der Waals surface area contributed by atoms with Gasteiger partial charge in [-0.05, 0) is 24.1 Å². The first-order valence-electron chi connectivity index (χ1n) is 4.59. The molecule has 16 heavy (non-hydrogen) atoms. The second-order valence-corrected chi connectivity index (χ2v) is 3.18. The van der Waals surface area contributed by atoms with E-state index in [9.17, 15) is 13.6 Å². The molecule has 0 amide bonds. The van der Waals surface area contributed by atoms with E-state index in [0.717, 1.165) is 0 Å². The summed E-state index contributed by atoms with van der Waals surface area (Å²) in [7, 11) is 0. The lowest BCUT2D eigenvalue weighted by molar-refractivity contribution is 0.0696. The van der Waals surface area contributed by atoms with Gasteiger partial charge in [-0.15, -0.1) is 0 Å². The normalized spacial score (nSPS) is 10.2. The van der Waals surface area contributed by atoms with Crippen LogP contribution in [0.25, 0.3) is 0 Å². The van der Waals surface area contributed by atoms with Crippen LogP contribution in [0.5, 0.6) is 0 Å². The number of aromatic carboxylic acids is 1. The van der Waals surface area contributed by atoms with Crippen molar-refractivity contribution in [2.24, 2.45) is 0 Å². The fourth-order valence-electron chi connectivity index (χ4n) is 1.40. The Morgan fingerprint density at radius 2 is 2.19 bits per heavy atom. The van der Waals surface area contributed by atoms with Gasteiger partial charge < -0.3 is 5.11 Å². The molecule has 0 heterocycles. The Labute approximate surface area is 90.9 Å². The molecule has 0 fully saturated rings. The van der Waals surface area contributed by atoms with Gasteiger partial charge in [0, 0.05) is 5.56 Å². The maximum Gasteiger partial charge on any atom is 0.337 e. The second kappa shape index (κ2) is 4.71. The third kappa shape index (κ3) is 2.16. The predicted octanol–water partition coefficient (Wildman–Crippen LogP) is 2.76. The van der Waals surface area contributed by atoms with Gasteiger partial charge in [0.25, 0.3) is 6.43 Å². The van der Waals surface area contributed by atoms with Crippen LogP contribution in [0.2, 0.25) is 0 Å². The van der Waals surface area contributed by atoms with Crippen molar-refractivity contribution in [3.63, 3.8) is 0 Å². The minimum Gasteiger partial charge on any atom is -0.478 e. The van der Waals surface area contributed by atoms with Crippen LogP contribution in [0.15, 0.2) is 12.1 Å². The van der Waals surface area contributed by atoms with Crippen LogP contribution in [0.3, 0.4) is 0 Å². The van der Waals surface area contributed by atoms with E-state index in [1.165, 1.54) is 18.2 Å². The number of hydrogen-bond acceptors (Lipinski definition) is 2. The molecule has 84 valence electrons. The number of rotatable bonds is 3. The number of carboxylic acid groups (broad SMARTS) is 1. The summed E-state index contributed by atoms with van der Waals surface area (Å²) in [6, 6.07) is 3.95. The zero-order chi connectivity index (χ0) is 12.3. The van der Waals surface area contributed by atoms with Crippen molar-refractivity contribution in [2.45, 2.75) is 19.8 Å². The molecule has 0 atom stereocenters. The third-order valence-electron chi connectivity index (χ3n) is 2.21. The lowest BCUT2D eigenvalue weighted by atomic mass is 9.97. The Morgan fingerprint density at radius 3 is 2.56 bits per heavy atom. The zero-order valence-electron chi connectivity index (χ0n) is 8.50. The van der Waals surface area contributed by atoms with E-state index in [1.807, 2.05) is 0 Å². The topological polar surface area (TPSA) is 61.1 Å². The van der Waals surface area contributed by atoms with Crippen molar-refractivity contribution in [3.05, 3.63) is 34.4 Å². The van der Waals surface area contributed by atoms with E-state index in [2.05, 4.69) is 0 Å². The Morgan fingerprint density at radius 1 is 1.56 bits per heavy atom. The molecule has 5 heteroatoms. The van der Waals surface area contributed by atoms with E-state index in [4.69, 9.17) is 10.4 Å². The van der Waals surface area contributed by atoms with E-state index in [0.29, 0.717) is 12.0 Å². The van der Waals surface area contributed by atoms with Crippen molar-refractivity contribution in [1.82, 2.24) is 0 Å². The number of nitriles is 1. The minimum absolute atomic E-state index is 0.364. The maximum absolute atomic E-state index is 12.6. The quantitative estimate of drug-likeness (QED) is 0.860. The van der Waals surface area contributed by atoms with Gasteiger partial charge in [0.05, 0.1) is 11.1 Å². The molecule has 0 unspecified atom stereocenters. The van der Waals surface area contributed by atoms with Crippen molar-refractivity contribution < 1.29 is 18.7 Å². The van der Waals surface area contributed by atoms with E-state index in [1.54, 1.807) is 6.92 Å². The standard InChI is InChI=1S/C11H9F2NO2/c1-2-6-3-7(10(12)13)9(5-14)8(4-6)11(15)16/h3-4,10H,2H2,1H3,(H,15,16). The molecule has 0 bridgehead atoms. The largest absolute Gasteiger partial charge is 0.478 e. The number of halogens is 2. The molecular formula is C11H9F2NO2. The van der Waals surface area contributed by atoms with Crippen LogP contribution in [-0.2, 0) is 6.42 Å². The van der Waals surface area contributed by atoms with Crippen LogP contribution >= 0.6 is 0 Å². The van der Waals surface area contributed by atoms with Crippen molar-refractivity contribution in [1.29, 1.82) is 5.26 Å². The average molecular weight is 225 g/mol. The molecule has 0 aliphatic rings. The Hall–Kier alpha value is -1.96. The molecule has 1 aromatic rings. The van der Waals surface area contributed by atoms with E-state index in [-0.39, 0.29) is 5.56 Å². The average Bonchev–Trinajstić information content (AvgIpc) is 2.26. The summed E-state index contributed by atoms with van der Waals surface area (Å²) < 4.78 is 25.3. The summed E-state index contributed by atoms with van der Waals surface area (Å²) in [6.07, 6.45) is -2.41. The first-order chi connectivity index (χ1) is 7.51. The van der Waals surface area contributed by atoms with Gasteiger partial charge in [-0.2, -0.15) is 5.26 Å². The molecule has 1 N–H and O–H groups in total. The van der Waals surface area contributed by atoms with Gasteiger partial charge in [0.2, 0.25) is 0 Å². The smallest absolute Gasteiger partial charge is 0.337 e. The number of nitrogens with zero attached hydrogens (tertiary/aromatic N) is 1. The molecular weight excluding hydrogens is 216 g/mol. The summed E-state index contributed by atoms with van der Waals surface area (Å²) >= 11 is 0. The molecule has 0 aliphatic heterocycles. The fourth-order valence-corrected chi connectivity index (χ4v) is 1.40. The van der Waals surface area contributed by atoms with Gasteiger partial charge in [-0.1, -0.05) is 6.92 Å². The molecule has 0 saturated carbocycles. The number of benzene rings is 1. The highest BCUT2D eigenvalue weighted by Crippen LogP contribution is 2.27. The van der Waals surface area contributed by atoms with Gasteiger partial charge in [-0.3, -0.25) is 0 Å². The number of carbonyl (C=O) groups is 1. The summed E-state index contributed by atoms with van der Waals surface area (Å²) in [6.45, 7) is 1.72. The molecule has 0 saturated heterocycles. The Bertz CT molecular complexity index is 464. The van der Waals surface area contributed by atoms with Crippen molar-refractivity contribution >= 4 is 5.97 Å². The maximum atomic E-state index is 12.6. The predicted molar refractivity (Wildman–Crippen MR) is 52.5 cm³/mol. The Balaban J connectivity index is 3.54.